The van der Waals surface area contributed by atoms with Crippen LogP contribution in [-0.4, -0.2) is 37.0 Å². The number of hydrogen-bond donors (Lipinski definition) is 0. The van der Waals surface area contributed by atoms with Gasteiger partial charge < -0.3 is 14.4 Å². The number of carbonyl (C=O) groups is 1. The Morgan fingerprint density at radius 2 is 1.81 bits per heavy atom. The van der Waals surface area contributed by atoms with E-state index in [4.69, 9.17) is 9.47 Å². The summed E-state index contributed by atoms with van der Waals surface area (Å²) in [5.41, 5.74) is 3.78. The summed E-state index contributed by atoms with van der Waals surface area (Å²) in [5.74, 6) is 0.829. The molecule has 1 saturated heterocycles. The summed E-state index contributed by atoms with van der Waals surface area (Å²) in [6.45, 7) is 2.88. The topological polar surface area (TPSA) is 38.8 Å². The average Bonchev–Trinajstić information content (AvgIpc) is 2.72. The monoisotopic (exact) mass is 379 g/mol. The van der Waals surface area contributed by atoms with Gasteiger partial charge in [0.25, 0.3) is 0 Å². The van der Waals surface area contributed by atoms with Crippen molar-refractivity contribution < 1.29 is 14.3 Å². The molecule has 0 saturated carbocycles. The van der Waals surface area contributed by atoms with Gasteiger partial charge in [-0.05, 0) is 28.8 Å². The van der Waals surface area contributed by atoms with Crippen molar-refractivity contribution in [2.45, 2.75) is 28.7 Å². The smallest absolute Gasteiger partial charge is 0.193 e. The summed E-state index contributed by atoms with van der Waals surface area (Å²) in [5, 5.41) is 0. The molecule has 0 bridgehead atoms. The van der Waals surface area contributed by atoms with Crippen LogP contribution in [-0.2, 0) is 20.7 Å². The molecule has 1 unspecified atom stereocenters. The number of ketones is 1. The van der Waals surface area contributed by atoms with Crippen molar-refractivity contribution in [2.75, 3.05) is 26.3 Å². The van der Waals surface area contributed by atoms with E-state index < -0.39 is 0 Å². The molecule has 2 aromatic carbocycles. The van der Waals surface area contributed by atoms with Gasteiger partial charge in [-0.25, -0.2) is 0 Å². The molecule has 0 aromatic heterocycles. The lowest BCUT2D eigenvalue weighted by Gasteiger charge is -2.35. The van der Waals surface area contributed by atoms with Crippen LogP contribution in [0.25, 0.3) is 0 Å². The first-order chi connectivity index (χ1) is 13.3. The number of fused-ring (bicyclic) bond motifs is 2. The maximum absolute atomic E-state index is 12.4. The van der Waals surface area contributed by atoms with Crippen LogP contribution in [0.1, 0.15) is 29.2 Å². The van der Waals surface area contributed by atoms with Gasteiger partial charge in [-0.2, -0.15) is 0 Å². The van der Waals surface area contributed by atoms with Gasteiger partial charge >= 0.3 is 0 Å². The third-order valence-electron chi connectivity index (χ3n) is 5.33. The zero-order valence-corrected chi connectivity index (χ0v) is 15.8. The van der Waals surface area contributed by atoms with Gasteiger partial charge in [-0.1, -0.05) is 42.1 Å². The Labute approximate surface area is 163 Å². The standard InChI is InChI=1S/C22H21NO3S/c24-16-13-19(26-22(14-16)23-8-10-25-11-9-23)17-5-3-7-21-18(17)12-15-4-1-2-6-20(15)27-21/h1-7,14,19H,8-13H2. The third-order valence-corrected chi connectivity index (χ3v) is 6.55. The predicted molar refractivity (Wildman–Crippen MR) is 104 cm³/mol. The summed E-state index contributed by atoms with van der Waals surface area (Å²) < 4.78 is 11.8. The van der Waals surface area contributed by atoms with E-state index in [0.717, 1.165) is 25.1 Å². The van der Waals surface area contributed by atoms with Crippen LogP contribution in [0.3, 0.4) is 0 Å². The van der Waals surface area contributed by atoms with Crippen molar-refractivity contribution >= 4 is 17.5 Å². The fourth-order valence-corrected chi connectivity index (χ4v) is 5.07. The molecule has 3 heterocycles. The van der Waals surface area contributed by atoms with Crippen molar-refractivity contribution in [1.82, 2.24) is 4.90 Å². The van der Waals surface area contributed by atoms with Crippen molar-refractivity contribution in [3.63, 3.8) is 0 Å². The summed E-state index contributed by atoms with van der Waals surface area (Å²) in [4.78, 5) is 17.1. The average molecular weight is 379 g/mol. The molecule has 5 heteroatoms. The van der Waals surface area contributed by atoms with Gasteiger partial charge in [0.1, 0.15) is 6.10 Å². The minimum absolute atomic E-state index is 0.134. The summed E-state index contributed by atoms with van der Waals surface area (Å²) >= 11 is 1.81. The fraction of sp³-hybridized carbons (Fsp3) is 0.318. The highest BCUT2D eigenvalue weighted by Crippen LogP contribution is 2.43. The number of rotatable bonds is 2. The van der Waals surface area contributed by atoms with Crippen LogP contribution >= 0.6 is 11.8 Å². The Morgan fingerprint density at radius 1 is 1.00 bits per heavy atom. The van der Waals surface area contributed by atoms with E-state index in [1.807, 2.05) is 11.8 Å². The van der Waals surface area contributed by atoms with Gasteiger partial charge in [0.2, 0.25) is 0 Å². The molecule has 2 aromatic rings. The highest BCUT2D eigenvalue weighted by Gasteiger charge is 2.30. The van der Waals surface area contributed by atoms with Gasteiger partial charge in [0.15, 0.2) is 11.7 Å². The van der Waals surface area contributed by atoms with E-state index in [1.54, 1.807) is 6.08 Å². The summed E-state index contributed by atoms with van der Waals surface area (Å²) in [6.07, 6.45) is 2.72. The molecule has 4 nitrogen and oxygen atoms in total. The lowest BCUT2D eigenvalue weighted by Crippen LogP contribution is -2.38. The maximum atomic E-state index is 12.4. The fourth-order valence-electron chi connectivity index (χ4n) is 3.95. The number of carbonyl (C=O) groups excluding carboxylic acids is 1. The Kier molecular flexibility index (Phi) is 4.42. The number of morpholine rings is 1. The lowest BCUT2D eigenvalue weighted by atomic mass is 9.93. The van der Waals surface area contributed by atoms with Gasteiger partial charge in [0, 0.05) is 35.4 Å². The van der Waals surface area contributed by atoms with Gasteiger partial charge in [0.05, 0.1) is 19.6 Å². The second-order valence-corrected chi connectivity index (χ2v) is 8.15. The molecule has 0 amide bonds. The Bertz CT molecular complexity index is 918. The molecule has 3 aliphatic heterocycles. The van der Waals surface area contributed by atoms with Crippen LogP contribution in [0, 0.1) is 0 Å². The molecule has 138 valence electrons. The zero-order chi connectivity index (χ0) is 18.2. The van der Waals surface area contributed by atoms with E-state index in [1.165, 1.54) is 20.9 Å². The number of allylic oxidation sites excluding steroid dienone is 1. The van der Waals surface area contributed by atoms with Crippen LogP contribution < -0.4 is 0 Å². The van der Waals surface area contributed by atoms with E-state index in [-0.39, 0.29) is 11.9 Å². The van der Waals surface area contributed by atoms with Crippen molar-refractivity contribution in [1.29, 1.82) is 0 Å². The van der Waals surface area contributed by atoms with Gasteiger partial charge in [-0.15, -0.1) is 0 Å². The Balaban J connectivity index is 1.46. The second kappa shape index (κ2) is 7.06. The lowest BCUT2D eigenvalue weighted by molar-refractivity contribution is -0.120. The Morgan fingerprint density at radius 3 is 2.70 bits per heavy atom. The first-order valence-corrected chi connectivity index (χ1v) is 10.2. The minimum Gasteiger partial charge on any atom is -0.470 e. The quantitative estimate of drug-likeness (QED) is 0.674. The molecule has 0 spiro atoms. The van der Waals surface area contributed by atoms with Crippen LogP contribution in [0.5, 0.6) is 0 Å². The molecule has 3 aliphatic rings. The van der Waals surface area contributed by atoms with Crippen molar-refractivity contribution in [3.8, 4) is 0 Å². The van der Waals surface area contributed by atoms with Crippen LogP contribution in [0.4, 0.5) is 0 Å². The Hall–Kier alpha value is -2.24. The molecule has 0 aliphatic carbocycles. The van der Waals surface area contributed by atoms with Gasteiger partial charge in [-0.3, -0.25) is 4.79 Å². The highest BCUT2D eigenvalue weighted by atomic mass is 32.2. The number of nitrogens with zero attached hydrogens (tertiary/aromatic N) is 1. The van der Waals surface area contributed by atoms with E-state index in [2.05, 4.69) is 47.4 Å². The highest BCUT2D eigenvalue weighted by molar-refractivity contribution is 7.99. The third kappa shape index (κ3) is 3.26. The van der Waals surface area contributed by atoms with Crippen molar-refractivity contribution in [2.24, 2.45) is 0 Å². The molecule has 1 atom stereocenters. The molecule has 1 fully saturated rings. The first kappa shape index (κ1) is 16.9. The van der Waals surface area contributed by atoms with Crippen molar-refractivity contribution in [3.05, 3.63) is 71.1 Å². The minimum atomic E-state index is -0.221. The van der Waals surface area contributed by atoms with Crippen LogP contribution in [0.15, 0.2) is 64.2 Å². The molecule has 27 heavy (non-hydrogen) atoms. The number of benzene rings is 2. The van der Waals surface area contributed by atoms with Crippen LogP contribution in [0.2, 0.25) is 0 Å². The molecular weight excluding hydrogens is 358 g/mol. The summed E-state index contributed by atoms with van der Waals surface area (Å²) in [7, 11) is 0. The molecule has 0 radical (unpaired) electrons. The normalized spacial score (nSPS) is 21.8. The maximum Gasteiger partial charge on any atom is 0.193 e. The molecule has 0 N–H and O–H groups in total. The molecule has 5 rings (SSSR count). The predicted octanol–water partition coefficient (Wildman–Crippen LogP) is 3.95. The largest absolute Gasteiger partial charge is 0.470 e. The van der Waals surface area contributed by atoms with E-state index >= 15 is 0 Å². The number of hydrogen-bond acceptors (Lipinski definition) is 5. The zero-order valence-electron chi connectivity index (χ0n) is 15.0. The summed E-state index contributed by atoms with van der Waals surface area (Å²) in [6, 6.07) is 14.9. The second-order valence-electron chi connectivity index (χ2n) is 7.07. The number of ether oxygens (including phenoxy) is 2. The van der Waals surface area contributed by atoms with E-state index in [9.17, 15) is 4.79 Å². The molecular formula is C22H21NO3S. The van der Waals surface area contributed by atoms with E-state index in [0.29, 0.717) is 25.5 Å². The SMILES string of the molecule is O=C1C=C(N2CCOCC2)OC(c2cccc3c2Cc2ccccc2S3)C1. The first-order valence-electron chi connectivity index (χ1n) is 9.39.